The van der Waals surface area contributed by atoms with Gasteiger partial charge in [-0.25, -0.2) is 4.79 Å². The molecule has 0 saturated heterocycles. The Kier molecular flexibility index (Phi) is 7.28. The average Bonchev–Trinajstić information content (AvgIpc) is 3.29. The number of hydrogen-bond acceptors (Lipinski definition) is 5. The first kappa shape index (κ1) is 23.5. The second-order valence-corrected chi connectivity index (χ2v) is 9.00. The molecule has 4 aromatic rings. The Hall–Kier alpha value is -3.64. The van der Waals surface area contributed by atoms with Crippen LogP contribution in [0.25, 0.3) is 21.9 Å². The first-order chi connectivity index (χ1) is 16.5. The van der Waals surface area contributed by atoms with Crippen molar-refractivity contribution in [1.82, 2.24) is 0 Å². The highest BCUT2D eigenvalue weighted by molar-refractivity contribution is 7.15. The number of ether oxygens (including phenoxy) is 2. The number of carbonyl (C=O) groups excluding carboxylic acids is 2. The Morgan fingerprint density at radius 1 is 1.00 bits per heavy atom. The second-order valence-electron chi connectivity index (χ2n) is 8.12. The number of amides is 1. The third-order valence-corrected chi connectivity index (χ3v) is 6.82. The van der Waals surface area contributed by atoms with E-state index in [0.29, 0.717) is 22.2 Å². The van der Waals surface area contributed by atoms with Crippen LogP contribution in [0.5, 0.6) is 5.75 Å². The predicted molar refractivity (Wildman–Crippen MR) is 138 cm³/mol. The molecule has 0 bridgehead atoms. The molecule has 1 aromatic heterocycles. The Balaban J connectivity index is 1.50. The lowest BCUT2D eigenvalue weighted by Crippen LogP contribution is -2.21. The Morgan fingerprint density at radius 3 is 2.44 bits per heavy atom. The number of carbonyl (C=O) groups is 2. The summed E-state index contributed by atoms with van der Waals surface area (Å²) in [5.74, 6) is 0.233. The molecule has 0 aliphatic rings. The van der Waals surface area contributed by atoms with Gasteiger partial charge in [0.1, 0.15) is 16.3 Å². The molecule has 34 heavy (non-hydrogen) atoms. The number of rotatable bonds is 8. The SMILES string of the molecule is CC[C@@H](C)c1ccc(-c2csc(NC(=O)COc3ccc4ccccc4c3)c2C(=O)OC)cc1. The number of fused-ring (bicyclic) bond motifs is 1. The standard InChI is InChI=1S/C28H27NO4S/c1-4-18(2)19-9-11-21(12-10-19)24-17-34-27(26(24)28(31)32-3)29-25(30)16-33-23-14-13-20-7-5-6-8-22(20)15-23/h5-15,17-18H,4,16H2,1-3H3,(H,29,30)/t18-/m1/s1. The molecule has 0 radical (unpaired) electrons. The largest absolute Gasteiger partial charge is 0.484 e. The first-order valence-electron chi connectivity index (χ1n) is 11.2. The van der Waals surface area contributed by atoms with Gasteiger partial charge in [0.25, 0.3) is 5.91 Å². The van der Waals surface area contributed by atoms with Crippen molar-refractivity contribution in [3.63, 3.8) is 0 Å². The molecule has 1 heterocycles. The summed E-state index contributed by atoms with van der Waals surface area (Å²) in [4.78, 5) is 25.2. The van der Waals surface area contributed by atoms with Crippen LogP contribution in [0.1, 0.15) is 42.1 Å². The Morgan fingerprint density at radius 2 is 1.74 bits per heavy atom. The highest BCUT2D eigenvalue weighted by Crippen LogP contribution is 2.37. The maximum atomic E-state index is 12.6. The third kappa shape index (κ3) is 5.13. The topological polar surface area (TPSA) is 64.6 Å². The Labute approximate surface area is 203 Å². The minimum absolute atomic E-state index is 0.171. The van der Waals surface area contributed by atoms with Gasteiger partial charge in [-0.05, 0) is 46.4 Å². The van der Waals surface area contributed by atoms with Crippen molar-refractivity contribution < 1.29 is 19.1 Å². The molecular formula is C28H27NO4S. The fourth-order valence-electron chi connectivity index (χ4n) is 3.76. The Bertz CT molecular complexity index is 1310. The maximum absolute atomic E-state index is 12.6. The molecule has 0 spiro atoms. The van der Waals surface area contributed by atoms with Gasteiger partial charge in [-0.1, -0.05) is 68.4 Å². The van der Waals surface area contributed by atoms with E-state index in [1.807, 2.05) is 60.0 Å². The van der Waals surface area contributed by atoms with E-state index in [2.05, 4.69) is 31.3 Å². The van der Waals surface area contributed by atoms with Gasteiger partial charge in [0.2, 0.25) is 0 Å². The quantitative estimate of drug-likeness (QED) is 0.283. The average molecular weight is 474 g/mol. The molecule has 0 unspecified atom stereocenters. The highest BCUT2D eigenvalue weighted by atomic mass is 32.1. The minimum Gasteiger partial charge on any atom is -0.484 e. The highest BCUT2D eigenvalue weighted by Gasteiger charge is 2.22. The number of benzene rings is 3. The van der Waals surface area contributed by atoms with Gasteiger partial charge in [0.15, 0.2) is 6.61 Å². The number of anilines is 1. The summed E-state index contributed by atoms with van der Waals surface area (Å²) < 4.78 is 10.7. The van der Waals surface area contributed by atoms with E-state index in [-0.39, 0.29) is 12.5 Å². The molecule has 1 N–H and O–H groups in total. The summed E-state index contributed by atoms with van der Waals surface area (Å²) in [5.41, 5.74) is 3.23. The van der Waals surface area contributed by atoms with Gasteiger partial charge in [-0.3, -0.25) is 4.79 Å². The molecule has 0 aliphatic heterocycles. The zero-order valence-corrected chi connectivity index (χ0v) is 20.3. The van der Waals surface area contributed by atoms with Crippen LogP contribution >= 0.6 is 11.3 Å². The number of thiophene rings is 1. The van der Waals surface area contributed by atoms with Crippen LogP contribution < -0.4 is 10.1 Å². The molecule has 1 amide bonds. The van der Waals surface area contributed by atoms with E-state index in [1.54, 1.807) is 0 Å². The normalized spacial score (nSPS) is 11.7. The van der Waals surface area contributed by atoms with Crippen molar-refractivity contribution in [1.29, 1.82) is 0 Å². The van der Waals surface area contributed by atoms with Gasteiger partial charge in [0.05, 0.1) is 7.11 Å². The molecule has 3 aromatic carbocycles. The predicted octanol–water partition coefficient (Wildman–Crippen LogP) is 6.89. The van der Waals surface area contributed by atoms with E-state index in [9.17, 15) is 9.59 Å². The van der Waals surface area contributed by atoms with Crippen molar-refractivity contribution in [2.24, 2.45) is 0 Å². The number of esters is 1. The van der Waals surface area contributed by atoms with E-state index in [0.717, 1.165) is 28.3 Å². The molecule has 6 heteroatoms. The van der Waals surface area contributed by atoms with Crippen molar-refractivity contribution in [2.45, 2.75) is 26.2 Å². The zero-order chi connectivity index (χ0) is 24.1. The molecule has 4 rings (SSSR count). The zero-order valence-electron chi connectivity index (χ0n) is 19.5. The van der Waals surface area contributed by atoms with Gasteiger partial charge in [-0.15, -0.1) is 11.3 Å². The summed E-state index contributed by atoms with van der Waals surface area (Å²) in [6.07, 6.45) is 1.06. The molecule has 0 saturated carbocycles. The summed E-state index contributed by atoms with van der Waals surface area (Å²) in [6, 6.07) is 21.8. The van der Waals surface area contributed by atoms with Crippen LogP contribution in [0.15, 0.2) is 72.1 Å². The second kappa shape index (κ2) is 10.5. The number of hydrogen-bond donors (Lipinski definition) is 1. The maximum Gasteiger partial charge on any atom is 0.341 e. The van der Waals surface area contributed by atoms with E-state index in [4.69, 9.17) is 9.47 Å². The van der Waals surface area contributed by atoms with Gasteiger partial charge >= 0.3 is 5.97 Å². The lowest BCUT2D eigenvalue weighted by Gasteiger charge is -2.11. The van der Waals surface area contributed by atoms with Gasteiger partial charge in [-0.2, -0.15) is 0 Å². The first-order valence-corrected chi connectivity index (χ1v) is 12.1. The monoisotopic (exact) mass is 473 g/mol. The van der Waals surface area contributed by atoms with Gasteiger partial charge in [0, 0.05) is 10.9 Å². The lowest BCUT2D eigenvalue weighted by molar-refractivity contribution is -0.118. The summed E-state index contributed by atoms with van der Waals surface area (Å²) in [5, 5.41) is 7.27. The van der Waals surface area contributed by atoms with Crippen LogP contribution in [0.3, 0.4) is 0 Å². The molecule has 1 atom stereocenters. The molecule has 0 aliphatic carbocycles. The van der Waals surface area contributed by atoms with E-state index < -0.39 is 5.97 Å². The van der Waals surface area contributed by atoms with Crippen molar-refractivity contribution in [2.75, 3.05) is 19.0 Å². The van der Waals surface area contributed by atoms with E-state index >= 15 is 0 Å². The molecular weight excluding hydrogens is 446 g/mol. The molecule has 0 fully saturated rings. The summed E-state index contributed by atoms with van der Waals surface area (Å²) >= 11 is 1.29. The third-order valence-electron chi connectivity index (χ3n) is 5.93. The van der Waals surface area contributed by atoms with Crippen molar-refractivity contribution >= 4 is 39.0 Å². The molecule has 174 valence electrons. The smallest absolute Gasteiger partial charge is 0.341 e. The fraction of sp³-hybridized carbons (Fsp3) is 0.214. The van der Waals surface area contributed by atoms with Crippen molar-refractivity contribution in [3.05, 3.63) is 83.2 Å². The fourth-order valence-corrected chi connectivity index (χ4v) is 4.74. The number of methoxy groups -OCH3 is 1. The summed E-state index contributed by atoms with van der Waals surface area (Å²) in [6.45, 7) is 4.17. The van der Waals surface area contributed by atoms with Crippen molar-refractivity contribution in [3.8, 4) is 16.9 Å². The van der Waals surface area contributed by atoms with E-state index in [1.165, 1.54) is 24.0 Å². The summed E-state index contributed by atoms with van der Waals surface area (Å²) in [7, 11) is 1.34. The van der Waals surface area contributed by atoms with Crippen LogP contribution in [-0.2, 0) is 9.53 Å². The minimum atomic E-state index is -0.493. The number of nitrogens with one attached hydrogen (secondary N) is 1. The van der Waals surface area contributed by atoms with Crippen LogP contribution in [0.4, 0.5) is 5.00 Å². The molecule has 5 nitrogen and oxygen atoms in total. The van der Waals surface area contributed by atoms with Crippen LogP contribution in [0, 0.1) is 0 Å². The van der Waals surface area contributed by atoms with Crippen LogP contribution in [-0.4, -0.2) is 25.6 Å². The lowest BCUT2D eigenvalue weighted by atomic mass is 9.95. The van der Waals surface area contributed by atoms with Gasteiger partial charge < -0.3 is 14.8 Å². The van der Waals surface area contributed by atoms with Crippen LogP contribution in [0.2, 0.25) is 0 Å².